The Hall–Kier alpha value is -2.31. The van der Waals surface area contributed by atoms with E-state index in [1.54, 1.807) is 29.4 Å². The van der Waals surface area contributed by atoms with Gasteiger partial charge in [-0.2, -0.15) is 10.2 Å². The molecule has 1 atom stereocenters. The van der Waals surface area contributed by atoms with Crippen LogP contribution in [0.5, 0.6) is 0 Å². The van der Waals surface area contributed by atoms with E-state index < -0.39 is 6.04 Å². The molecule has 0 spiro atoms. The SMILES string of the molecule is Cc1c(Cl)cnn1C(C)C(=O)Nc1nn(Cc2ccccc2)cc1Cl. The summed E-state index contributed by atoms with van der Waals surface area (Å²) in [6.07, 6.45) is 3.20. The van der Waals surface area contributed by atoms with Gasteiger partial charge in [0.25, 0.3) is 0 Å². The van der Waals surface area contributed by atoms with E-state index in [1.165, 1.54) is 6.20 Å². The summed E-state index contributed by atoms with van der Waals surface area (Å²) in [5.41, 5.74) is 1.82. The Bertz CT molecular complexity index is 888. The molecule has 2 heterocycles. The number of hydrogen-bond acceptors (Lipinski definition) is 3. The van der Waals surface area contributed by atoms with Crippen LogP contribution in [-0.4, -0.2) is 25.5 Å². The smallest absolute Gasteiger partial charge is 0.250 e. The van der Waals surface area contributed by atoms with E-state index in [0.717, 1.165) is 11.3 Å². The summed E-state index contributed by atoms with van der Waals surface area (Å²) < 4.78 is 3.25. The van der Waals surface area contributed by atoms with Crippen LogP contribution in [0, 0.1) is 6.92 Å². The lowest BCUT2D eigenvalue weighted by atomic mass is 10.2. The zero-order valence-electron chi connectivity index (χ0n) is 13.8. The molecule has 8 heteroatoms. The Kier molecular flexibility index (Phi) is 5.11. The molecule has 6 nitrogen and oxygen atoms in total. The van der Waals surface area contributed by atoms with E-state index in [9.17, 15) is 4.79 Å². The largest absolute Gasteiger partial charge is 0.306 e. The lowest BCUT2D eigenvalue weighted by Crippen LogP contribution is -2.25. The topological polar surface area (TPSA) is 64.7 Å². The van der Waals surface area contributed by atoms with Gasteiger partial charge >= 0.3 is 0 Å². The molecule has 130 valence electrons. The van der Waals surface area contributed by atoms with Crippen LogP contribution in [0.2, 0.25) is 10.0 Å². The summed E-state index contributed by atoms with van der Waals surface area (Å²) in [7, 11) is 0. The van der Waals surface area contributed by atoms with Gasteiger partial charge in [-0.3, -0.25) is 14.2 Å². The molecule has 0 aliphatic rings. The molecule has 0 saturated carbocycles. The summed E-state index contributed by atoms with van der Waals surface area (Å²) in [6.45, 7) is 4.11. The Morgan fingerprint density at radius 3 is 2.60 bits per heavy atom. The summed E-state index contributed by atoms with van der Waals surface area (Å²) >= 11 is 12.2. The second-order valence-electron chi connectivity index (χ2n) is 5.70. The van der Waals surface area contributed by atoms with E-state index in [-0.39, 0.29) is 5.91 Å². The minimum Gasteiger partial charge on any atom is -0.306 e. The molecule has 0 aliphatic heterocycles. The van der Waals surface area contributed by atoms with Crippen molar-refractivity contribution in [2.45, 2.75) is 26.4 Å². The van der Waals surface area contributed by atoms with Crippen molar-refractivity contribution < 1.29 is 4.79 Å². The van der Waals surface area contributed by atoms with Crippen molar-refractivity contribution in [3.8, 4) is 0 Å². The van der Waals surface area contributed by atoms with E-state index in [2.05, 4.69) is 15.5 Å². The molecule has 1 N–H and O–H groups in total. The Balaban J connectivity index is 1.72. The van der Waals surface area contributed by atoms with Crippen molar-refractivity contribution in [1.29, 1.82) is 0 Å². The summed E-state index contributed by atoms with van der Waals surface area (Å²) in [5.74, 6) is 0.0556. The lowest BCUT2D eigenvalue weighted by molar-refractivity contribution is -0.119. The normalized spacial score (nSPS) is 12.2. The number of aromatic nitrogens is 4. The van der Waals surface area contributed by atoms with Gasteiger partial charge in [-0.1, -0.05) is 53.5 Å². The second kappa shape index (κ2) is 7.29. The van der Waals surface area contributed by atoms with E-state index >= 15 is 0 Å². The molecular formula is C17H17Cl2N5O. The zero-order chi connectivity index (χ0) is 18.0. The molecule has 0 radical (unpaired) electrons. The third-order valence-corrected chi connectivity index (χ3v) is 4.52. The quantitative estimate of drug-likeness (QED) is 0.731. The fourth-order valence-corrected chi connectivity index (χ4v) is 2.79. The van der Waals surface area contributed by atoms with Crippen LogP contribution >= 0.6 is 23.2 Å². The van der Waals surface area contributed by atoms with Gasteiger partial charge in [-0.15, -0.1) is 0 Å². The molecule has 0 fully saturated rings. The third-order valence-electron chi connectivity index (χ3n) is 3.88. The predicted octanol–water partition coefficient (Wildman–Crippen LogP) is 3.94. The monoisotopic (exact) mass is 377 g/mol. The fourth-order valence-electron chi connectivity index (χ4n) is 2.46. The third kappa shape index (κ3) is 3.86. The zero-order valence-corrected chi connectivity index (χ0v) is 15.3. The summed E-state index contributed by atoms with van der Waals surface area (Å²) in [4.78, 5) is 12.5. The van der Waals surface area contributed by atoms with Crippen molar-refractivity contribution in [2.24, 2.45) is 0 Å². The first-order valence-corrected chi connectivity index (χ1v) is 8.48. The highest BCUT2D eigenvalue weighted by Gasteiger charge is 2.21. The molecule has 1 amide bonds. The van der Waals surface area contributed by atoms with Crippen LogP contribution in [0.25, 0.3) is 0 Å². The van der Waals surface area contributed by atoms with Crippen molar-refractivity contribution in [3.63, 3.8) is 0 Å². The summed E-state index contributed by atoms with van der Waals surface area (Å²) in [5, 5.41) is 12.1. The van der Waals surface area contributed by atoms with Crippen LogP contribution in [0.15, 0.2) is 42.7 Å². The Morgan fingerprint density at radius 1 is 1.24 bits per heavy atom. The standard InChI is InChI=1S/C17H17Cl2N5O/c1-11-14(18)8-20-24(11)12(2)17(25)21-16-15(19)10-23(22-16)9-13-6-4-3-5-7-13/h3-8,10,12H,9H2,1-2H3,(H,21,22,25). The molecule has 25 heavy (non-hydrogen) atoms. The highest BCUT2D eigenvalue weighted by Crippen LogP contribution is 2.23. The number of carbonyl (C=O) groups excluding carboxylic acids is 1. The van der Waals surface area contributed by atoms with Gasteiger partial charge in [0.05, 0.1) is 23.5 Å². The maximum absolute atomic E-state index is 12.5. The number of benzene rings is 1. The van der Waals surface area contributed by atoms with Crippen LogP contribution in [0.3, 0.4) is 0 Å². The van der Waals surface area contributed by atoms with E-state index in [1.807, 2.05) is 30.3 Å². The molecule has 1 aromatic carbocycles. The first-order chi connectivity index (χ1) is 12.0. The number of nitrogens with one attached hydrogen (secondary N) is 1. The maximum Gasteiger partial charge on any atom is 0.250 e. The maximum atomic E-state index is 12.5. The summed E-state index contributed by atoms with van der Waals surface area (Å²) in [6, 6.07) is 9.34. The highest BCUT2D eigenvalue weighted by atomic mass is 35.5. The molecule has 3 aromatic rings. The van der Waals surface area contributed by atoms with Crippen LogP contribution in [0.1, 0.15) is 24.2 Å². The minimum absolute atomic E-state index is 0.269. The lowest BCUT2D eigenvalue weighted by Gasteiger charge is -2.13. The molecular weight excluding hydrogens is 361 g/mol. The number of halogens is 2. The van der Waals surface area contributed by atoms with Crippen molar-refractivity contribution >= 4 is 34.9 Å². The first-order valence-electron chi connectivity index (χ1n) is 7.73. The van der Waals surface area contributed by atoms with Gasteiger partial charge in [-0.05, 0) is 19.4 Å². The van der Waals surface area contributed by atoms with Crippen molar-refractivity contribution in [3.05, 3.63) is 64.0 Å². The van der Waals surface area contributed by atoms with Crippen molar-refractivity contribution in [2.75, 3.05) is 5.32 Å². The van der Waals surface area contributed by atoms with Gasteiger partial charge in [0, 0.05) is 6.20 Å². The van der Waals surface area contributed by atoms with E-state index in [0.29, 0.717) is 22.4 Å². The molecule has 1 unspecified atom stereocenters. The van der Waals surface area contributed by atoms with Gasteiger partial charge in [0.15, 0.2) is 5.82 Å². The molecule has 0 bridgehead atoms. The molecule has 3 rings (SSSR count). The van der Waals surface area contributed by atoms with Gasteiger partial charge in [0.1, 0.15) is 11.1 Å². The molecule has 0 aliphatic carbocycles. The van der Waals surface area contributed by atoms with Gasteiger partial charge < -0.3 is 5.32 Å². The number of carbonyl (C=O) groups is 1. The first kappa shape index (κ1) is 17.5. The highest BCUT2D eigenvalue weighted by molar-refractivity contribution is 6.33. The number of rotatable bonds is 5. The van der Waals surface area contributed by atoms with Crippen LogP contribution in [0.4, 0.5) is 5.82 Å². The van der Waals surface area contributed by atoms with Gasteiger partial charge in [-0.25, -0.2) is 0 Å². The number of nitrogens with zero attached hydrogens (tertiary/aromatic N) is 4. The Morgan fingerprint density at radius 2 is 1.96 bits per heavy atom. The number of amides is 1. The Labute approximate surface area is 155 Å². The predicted molar refractivity (Wildman–Crippen MR) is 98.1 cm³/mol. The number of anilines is 1. The molecule has 2 aromatic heterocycles. The van der Waals surface area contributed by atoms with Crippen LogP contribution in [-0.2, 0) is 11.3 Å². The van der Waals surface area contributed by atoms with Gasteiger partial charge in [0.2, 0.25) is 5.91 Å². The average molecular weight is 378 g/mol. The molecule has 0 saturated heterocycles. The average Bonchev–Trinajstić information content (AvgIpc) is 3.10. The number of hydrogen-bond donors (Lipinski definition) is 1. The minimum atomic E-state index is -0.539. The van der Waals surface area contributed by atoms with E-state index in [4.69, 9.17) is 23.2 Å². The van der Waals surface area contributed by atoms with Crippen LogP contribution < -0.4 is 5.32 Å². The second-order valence-corrected chi connectivity index (χ2v) is 6.51. The van der Waals surface area contributed by atoms with Crippen molar-refractivity contribution in [1.82, 2.24) is 19.6 Å². The fraction of sp³-hybridized carbons (Fsp3) is 0.235.